The predicted octanol–water partition coefficient (Wildman–Crippen LogP) is 1.38. The zero-order valence-corrected chi connectivity index (χ0v) is 15.5. The maximum atomic E-state index is 12.2. The van der Waals surface area contributed by atoms with E-state index in [1.807, 2.05) is 30.1 Å². The maximum absolute atomic E-state index is 12.2. The Bertz CT molecular complexity index is 522. The lowest BCUT2D eigenvalue weighted by Gasteiger charge is -2.28. The monoisotopic (exact) mass is 357 g/mol. The minimum absolute atomic E-state index is 0. The second-order valence-electron chi connectivity index (χ2n) is 5.80. The van der Waals surface area contributed by atoms with Gasteiger partial charge in [-0.15, -0.1) is 12.4 Å². The molecule has 2 rings (SSSR count). The number of carbonyl (C=O) groups excluding carboxylic acids is 1. The third kappa shape index (κ3) is 5.85. The maximum Gasteiger partial charge on any atom is 0.223 e. The number of amides is 1. The Morgan fingerprint density at radius 3 is 2.58 bits per heavy atom. The predicted molar refractivity (Wildman–Crippen MR) is 97.2 cm³/mol. The average Bonchev–Trinajstić information content (AvgIpc) is 2.60. The van der Waals surface area contributed by atoms with Gasteiger partial charge < -0.3 is 24.6 Å². The smallest absolute Gasteiger partial charge is 0.223 e. The first-order valence-electron chi connectivity index (χ1n) is 8.02. The van der Waals surface area contributed by atoms with Crippen LogP contribution in [0.1, 0.15) is 12.0 Å². The second kappa shape index (κ2) is 10.4. The van der Waals surface area contributed by atoms with Gasteiger partial charge in [-0.1, -0.05) is 6.07 Å². The van der Waals surface area contributed by atoms with Gasteiger partial charge in [-0.05, 0) is 13.1 Å². The molecule has 136 valence electrons. The van der Waals surface area contributed by atoms with Gasteiger partial charge in [0, 0.05) is 57.3 Å². The molecule has 1 aliphatic heterocycles. The number of rotatable bonds is 7. The fourth-order valence-corrected chi connectivity index (χ4v) is 2.71. The van der Waals surface area contributed by atoms with Crippen LogP contribution < -0.4 is 14.8 Å². The molecule has 0 aromatic heterocycles. The molecule has 1 aromatic rings. The number of hydrogen-bond acceptors (Lipinski definition) is 5. The van der Waals surface area contributed by atoms with Crippen molar-refractivity contribution in [3.63, 3.8) is 0 Å². The third-order valence-corrected chi connectivity index (χ3v) is 4.11. The van der Waals surface area contributed by atoms with Gasteiger partial charge in [-0.3, -0.25) is 4.79 Å². The highest BCUT2D eigenvalue weighted by atomic mass is 35.5. The van der Waals surface area contributed by atoms with Crippen LogP contribution in [0.4, 0.5) is 0 Å². The SMILES string of the molecule is COc1ccc(CN(C)CCC(=O)N2CCNCC2)c(OC)c1.Cl. The Morgan fingerprint density at radius 1 is 1.25 bits per heavy atom. The third-order valence-electron chi connectivity index (χ3n) is 4.11. The van der Waals surface area contributed by atoms with E-state index in [9.17, 15) is 4.79 Å². The van der Waals surface area contributed by atoms with Gasteiger partial charge in [-0.2, -0.15) is 0 Å². The fraction of sp³-hybridized carbons (Fsp3) is 0.588. The van der Waals surface area contributed by atoms with Crippen molar-refractivity contribution in [2.45, 2.75) is 13.0 Å². The lowest BCUT2D eigenvalue weighted by molar-refractivity contribution is -0.132. The number of nitrogens with zero attached hydrogens (tertiary/aromatic N) is 2. The van der Waals surface area contributed by atoms with Gasteiger partial charge in [0.2, 0.25) is 5.91 Å². The summed E-state index contributed by atoms with van der Waals surface area (Å²) in [6.07, 6.45) is 0.551. The van der Waals surface area contributed by atoms with Gasteiger partial charge >= 0.3 is 0 Å². The normalized spacial score (nSPS) is 14.2. The van der Waals surface area contributed by atoms with Crippen molar-refractivity contribution in [1.29, 1.82) is 0 Å². The van der Waals surface area contributed by atoms with Crippen molar-refractivity contribution in [3.8, 4) is 11.5 Å². The molecule has 1 fully saturated rings. The van der Waals surface area contributed by atoms with E-state index in [0.29, 0.717) is 6.42 Å². The number of methoxy groups -OCH3 is 2. The molecule has 1 N–H and O–H groups in total. The molecule has 6 nitrogen and oxygen atoms in total. The zero-order valence-electron chi connectivity index (χ0n) is 14.7. The topological polar surface area (TPSA) is 54.0 Å². The van der Waals surface area contributed by atoms with Crippen LogP contribution in [0.3, 0.4) is 0 Å². The summed E-state index contributed by atoms with van der Waals surface area (Å²) in [6, 6.07) is 5.82. The number of ether oxygens (including phenoxy) is 2. The van der Waals surface area contributed by atoms with Gasteiger partial charge in [0.1, 0.15) is 11.5 Å². The first-order valence-corrected chi connectivity index (χ1v) is 8.02. The van der Waals surface area contributed by atoms with Crippen LogP contribution in [0.25, 0.3) is 0 Å². The van der Waals surface area contributed by atoms with Crippen LogP contribution >= 0.6 is 12.4 Å². The Morgan fingerprint density at radius 2 is 1.96 bits per heavy atom. The van der Waals surface area contributed by atoms with E-state index in [4.69, 9.17) is 9.47 Å². The molecule has 0 spiro atoms. The molecule has 1 heterocycles. The van der Waals surface area contributed by atoms with Gasteiger partial charge in [0.15, 0.2) is 0 Å². The summed E-state index contributed by atoms with van der Waals surface area (Å²) in [6.45, 7) is 4.89. The highest BCUT2D eigenvalue weighted by Gasteiger charge is 2.16. The number of carbonyl (C=O) groups is 1. The highest BCUT2D eigenvalue weighted by Crippen LogP contribution is 2.25. The van der Waals surface area contributed by atoms with E-state index < -0.39 is 0 Å². The van der Waals surface area contributed by atoms with Gasteiger partial charge in [0.05, 0.1) is 14.2 Å². The van der Waals surface area contributed by atoms with Crippen LogP contribution in [0.15, 0.2) is 18.2 Å². The number of benzene rings is 1. The molecule has 1 aromatic carbocycles. The Hall–Kier alpha value is -1.50. The summed E-state index contributed by atoms with van der Waals surface area (Å²) in [5, 5.41) is 3.26. The fourth-order valence-electron chi connectivity index (χ4n) is 2.71. The minimum Gasteiger partial charge on any atom is -0.497 e. The van der Waals surface area contributed by atoms with Crippen molar-refractivity contribution >= 4 is 18.3 Å². The lowest BCUT2D eigenvalue weighted by Crippen LogP contribution is -2.47. The zero-order chi connectivity index (χ0) is 16.7. The number of halogens is 1. The van der Waals surface area contributed by atoms with E-state index in [1.165, 1.54) is 0 Å². The summed E-state index contributed by atoms with van der Waals surface area (Å²) >= 11 is 0. The molecule has 0 atom stereocenters. The minimum atomic E-state index is 0. The number of nitrogens with one attached hydrogen (secondary N) is 1. The molecule has 0 unspecified atom stereocenters. The highest BCUT2D eigenvalue weighted by molar-refractivity contribution is 5.85. The van der Waals surface area contributed by atoms with E-state index in [0.717, 1.165) is 56.3 Å². The standard InChI is InChI=1S/C17H27N3O3.ClH/c1-19(9-6-17(21)20-10-7-18-8-11-20)13-14-4-5-15(22-2)12-16(14)23-3;/h4-5,12,18H,6-11,13H2,1-3H3;1H. The van der Waals surface area contributed by atoms with Crippen molar-refractivity contribution in [3.05, 3.63) is 23.8 Å². The van der Waals surface area contributed by atoms with Crippen molar-refractivity contribution < 1.29 is 14.3 Å². The molecule has 1 amide bonds. The summed E-state index contributed by atoms with van der Waals surface area (Å²) in [5.74, 6) is 1.83. The largest absolute Gasteiger partial charge is 0.497 e. The van der Waals surface area contributed by atoms with Crippen molar-refractivity contribution in [2.75, 3.05) is 54.0 Å². The summed E-state index contributed by atoms with van der Waals surface area (Å²) in [5.41, 5.74) is 1.09. The molecule has 1 aliphatic rings. The first-order chi connectivity index (χ1) is 11.1. The number of piperazine rings is 1. The van der Waals surface area contributed by atoms with Crippen LogP contribution in [0.5, 0.6) is 11.5 Å². The molecule has 0 saturated carbocycles. The van der Waals surface area contributed by atoms with Crippen molar-refractivity contribution in [1.82, 2.24) is 15.1 Å². The van der Waals surface area contributed by atoms with Crippen LogP contribution in [-0.2, 0) is 11.3 Å². The summed E-state index contributed by atoms with van der Waals surface area (Å²) in [7, 11) is 5.32. The molecule has 0 aliphatic carbocycles. The van der Waals surface area contributed by atoms with Gasteiger partial charge in [-0.25, -0.2) is 0 Å². The van der Waals surface area contributed by atoms with Crippen LogP contribution in [0.2, 0.25) is 0 Å². The molecular weight excluding hydrogens is 330 g/mol. The van der Waals surface area contributed by atoms with Gasteiger partial charge in [0.25, 0.3) is 0 Å². The van der Waals surface area contributed by atoms with E-state index in [1.54, 1.807) is 14.2 Å². The Labute approximate surface area is 150 Å². The Balaban J connectivity index is 0.00000288. The average molecular weight is 358 g/mol. The molecule has 7 heteroatoms. The molecule has 1 saturated heterocycles. The van der Waals surface area contributed by atoms with E-state index in [-0.39, 0.29) is 18.3 Å². The quantitative estimate of drug-likeness (QED) is 0.799. The van der Waals surface area contributed by atoms with Crippen LogP contribution in [0, 0.1) is 0 Å². The van der Waals surface area contributed by atoms with E-state index in [2.05, 4.69) is 10.2 Å². The number of hydrogen-bond donors (Lipinski definition) is 1. The molecule has 0 bridgehead atoms. The molecule has 24 heavy (non-hydrogen) atoms. The Kier molecular flexibility index (Phi) is 8.89. The molecular formula is C17H28ClN3O3. The van der Waals surface area contributed by atoms with Crippen molar-refractivity contribution in [2.24, 2.45) is 0 Å². The van der Waals surface area contributed by atoms with E-state index >= 15 is 0 Å². The summed E-state index contributed by atoms with van der Waals surface area (Å²) < 4.78 is 10.6. The lowest BCUT2D eigenvalue weighted by atomic mass is 10.1. The molecule has 0 radical (unpaired) electrons. The first kappa shape index (κ1) is 20.5. The van der Waals surface area contributed by atoms with Crippen LogP contribution in [-0.4, -0.2) is 69.7 Å². The second-order valence-corrected chi connectivity index (χ2v) is 5.80. The summed E-state index contributed by atoms with van der Waals surface area (Å²) in [4.78, 5) is 16.3.